The number of rotatable bonds is 4. The normalized spacial score (nSPS) is 14.3. The highest BCUT2D eigenvalue weighted by atomic mass is 32.2. The number of ether oxygens (including phenoxy) is 1. The van der Waals surface area contributed by atoms with Gasteiger partial charge in [0.1, 0.15) is 11.4 Å². The van der Waals surface area contributed by atoms with Crippen LogP contribution in [0.15, 0.2) is 77.8 Å². The number of sulfonamides is 1. The number of nitrogens with zero attached hydrogens (tertiary/aromatic N) is 3. The van der Waals surface area contributed by atoms with Gasteiger partial charge in [0.15, 0.2) is 0 Å². The number of carbonyl (C=O) groups is 1. The molecule has 0 spiro atoms. The van der Waals surface area contributed by atoms with Crippen LogP contribution in [0.25, 0.3) is 0 Å². The number of carbonyl (C=O) groups excluding carboxylic acids is 1. The Bertz CT molecular complexity index is 1290. The van der Waals surface area contributed by atoms with Gasteiger partial charge in [0.2, 0.25) is 10.0 Å². The number of aromatic nitrogens is 1. The molecule has 0 saturated carbocycles. The van der Waals surface area contributed by atoms with Gasteiger partial charge in [-0.1, -0.05) is 30.2 Å². The third-order valence-corrected chi connectivity index (χ3v) is 7.26. The van der Waals surface area contributed by atoms with Gasteiger partial charge in [-0.05, 0) is 48.4 Å². The molecule has 1 aliphatic heterocycles. The van der Waals surface area contributed by atoms with E-state index < -0.39 is 10.0 Å². The van der Waals surface area contributed by atoms with Crippen molar-refractivity contribution in [3.63, 3.8) is 0 Å². The van der Waals surface area contributed by atoms with Crippen LogP contribution in [0, 0.1) is 11.8 Å². The van der Waals surface area contributed by atoms with Crippen LogP contribution < -0.4 is 4.74 Å². The summed E-state index contributed by atoms with van der Waals surface area (Å²) >= 11 is 0. The number of amides is 1. The zero-order valence-corrected chi connectivity index (χ0v) is 19.0. The van der Waals surface area contributed by atoms with Crippen molar-refractivity contribution in [1.82, 2.24) is 14.2 Å². The monoisotopic (exact) mass is 461 g/mol. The van der Waals surface area contributed by atoms with Gasteiger partial charge in [-0.25, -0.2) is 13.4 Å². The van der Waals surface area contributed by atoms with Crippen LogP contribution in [-0.2, 0) is 10.0 Å². The SMILES string of the molecule is COc1ccc(C(=O)N2CCN(S(=O)(=O)c3ccccc3)CC2)cc1C#Cc1ccccn1. The van der Waals surface area contributed by atoms with Crippen LogP contribution in [0.3, 0.4) is 0 Å². The molecule has 1 fully saturated rings. The van der Waals surface area contributed by atoms with E-state index in [9.17, 15) is 13.2 Å². The molecule has 168 valence electrons. The molecule has 2 heterocycles. The first-order valence-corrected chi connectivity index (χ1v) is 11.9. The molecule has 2 aromatic carbocycles. The molecule has 1 aliphatic rings. The second-order valence-corrected chi connectivity index (χ2v) is 9.33. The lowest BCUT2D eigenvalue weighted by molar-refractivity contribution is 0.0698. The molecule has 0 radical (unpaired) electrons. The lowest BCUT2D eigenvalue weighted by atomic mass is 10.1. The Labute approximate surface area is 193 Å². The number of hydrogen-bond donors (Lipinski definition) is 0. The van der Waals surface area contributed by atoms with E-state index in [1.165, 1.54) is 4.31 Å². The summed E-state index contributed by atoms with van der Waals surface area (Å²) in [7, 11) is -2.02. The van der Waals surface area contributed by atoms with Gasteiger partial charge in [-0.2, -0.15) is 4.31 Å². The minimum absolute atomic E-state index is 0.171. The molecule has 1 amide bonds. The molecule has 0 unspecified atom stereocenters. The Morgan fingerprint density at radius 1 is 0.939 bits per heavy atom. The van der Waals surface area contributed by atoms with Crippen LogP contribution in [-0.4, -0.2) is 61.8 Å². The second kappa shape index (κ2) is 9.86. The second-order valence-electron chi connectivity index (χ2n) is 7.39. The van der Waals surface area contributed by atoms with Crippen molar-refractivity contribution in [2.75, 3.05) is 33.3 Å². The smallest absolute Gasteiger partial charge is 0.253 e. The van der Waals surface area contributed by atoms with E-state index in [0.29, 0.717) is 35.7 Å². The van der Waals surface area contributed by atoms with E-state index >= 15 is 0 Å². The summed E-state index contributed by atoms with van der Waals surface area (Å²) in [5.74, 6) is 6.40. The van der Waals surface area contributed by atoms with E-state index in [1.807, 2.05) is 12.1 Å². The highest BCUT2D eigenvalue weighted by Crippen LogP contribution is 2.22. The highest BCUT2D eigenvalue weighted by molar-refractivity contribution is 7.89. The van der Waals surface area contributed by atoms with Crippen LogP contribution in [0.5, 0.6) is 5.75 Å². The summed E-state index contributed by atoms with van der Waals surface area (Å²) in [6, 6.07) is 18.9. The first-order chi connectivity index (χ1) is 16.0. The molecule has 0 N–H and O–H groups in total. The van der Waals surface area contributed by atoms with Crippen LogP contribution in [0.2, 0.25) is 0 Å². The fourth-order valence-corrected chi connectivity index (χ4v) is 5.01. The van der Waals surface area contributed by atoms with Crippen molar-refractivity contribution in [3.05, 3.63) is 89.7 Å². The number of hydrogen-bond acceptors (Lipinski definition) is 5. The number of piperazine rings is 1. The lowest BCUT2D eigenvalue weighted by Gasteiger charge is -2.34. The molecule has 7 nitrogen and oxygen atoms in total. The average Bonchev–Trinajstić information content (AvgIpc) is 2.88. The maximum absolute atomic E-state index is 13.1. The fraction of sp³-hybridized carbons (Fsp3) is 0.200. The molecule has 0 aliphatic carbocycles. The third kappa shape index (κ3) is 5.06. The molecule has 0 atom stereocenters. The number of methoxy groups -OCH3 is 1. The molecule has 4 rings (SSSR count). The molecule has 8 heteroatoms. The first kappa shape index (κ1) is 22.5. The van der Waals surface area contributed by atoms with Gasteiger partial charge in [0.25, 0.3) is 5.91 Å². The standard InChI is InChI=1S/C25H23N3O4S/c1-32-24-13-11-21(19-20(24)10-12-22-7-5-6-14-26-22)25(29)27-15-17-28(18-16-27)33(30,31)23-8-3-2-4-9-23/h2-9,11,13-14,19H,15-18H2,1H3. The lowest BCUT2D eigenvalue weighted by Crippen LogP contribution is -2.50. The largest absolute Gasteiger partial charge is 0.495 e. The Hall–Kier alpha value is -3.67. The molecule has 3 aromatic rings. The number of pyridine rings is 1. The Balaban J connectivity index is 1.48. The predicted octanol–water partition coefficient (Wildman–Crippen LogP) is 2.64. The Morgan fingerprint density at radius 3 is 2.33 bits per heavy atom. The van der Waals surface area contributed by atoms with Crippen molar-refractivity contribution in [3.8, 4) is 17.6 Å². The minimum Gasteiger partial charge on any atom is -0.495 e. The van der Waals surface area contributed by atoms with Gasteiger partial charge >= 0.3 is 0 Å². The first-order valence-electron chi connectivity index (χ1n) is 10.4. The van der Waals surface area contributed by atoms with Crippen LogP contribution >= 0.6 is 0 Å². The topological polar surface area (TPSA) is 79.8 Å². The van der Waals surface area contributed by atoms with Gasteiger partial charge < -0.3 is 9.64 Å². The summed E-state index contributed by atoms with van der Waals surface area (Å²) in [6.45, 7) is 1.11. The van der Waals surface area contributed by atoms with Gasteiger partial charge in [0.05, 0.1) is 17.6 Å². The van der Waals surface area contributed by atoms with Crippen molar-refractivity contribution in [1.29, 1.82) is 0 Å². The minimum atomic E-state index is -3.57. The maximum Gasteiger partial charge on any atom is 0.253 e. The molecule has 1 aromatic heterocycles. The zero-order chi connectivity index (χ0) is 23.3. The highest BCUT2D eigenvalue weighted by Gasteiger charge is 2.30. The van der Waals surface area contributed by atoms with E-state index in [1.54, 1.807) is 72.8 Å². The predicted molar refractivity (Wildman–Crippen MR) is 124 cm³/mol. The van der Waals surface area contributed by atoms with E-state index in [2.05, 4.69) is 16.8 Å². The van der Waals surface area contributed by atoms with E-state index in [-0.39, 0.29) is 23.9 Å². The summed E-state index contributed by atoms with van der Waals surface area (Å²) in [4.78, 5) is 19.2. The summed E-state index contributed by atoms with van der Waals surface area (Å²) < 4.78 is 32.5. The van der Waals surface area contributed by atoms with Crippen molar-refractivity contribution < 1.29 is 17.9 Å². The number of benzene rings is 2. The summed E-state index contributed by atoms with van der Waals surface area (Å²) in [6.07, 6.45) is 1.67. The molecular weight excluding hydrogens is 438 g/mol. The zero-order valence-electron chi connectivity index (χ0n) is 18.1. The fourth-order valence-electron chi connectivity index (χ4n) is 3.56. The van der Waals surface area contributed by atoms with Crippen molar-refractivity contribution in [2.45, 2.75) is 4.90 Å². The Kier molecular flexibility index (Phi) is 6.73. The Morgan fingerprint density at radius 2 is 1.67 bits per heavy atom. The third-order valence-electron chi connectivity index (χ3n) is 5.34. The summed E-state index contributed by atoms with van der Waals surface area (Å²) in [5.41, 5.74) is 1.67. The van der Waals surface area contributed by atoms with Crippen LogP contribution in [0.4, 0.5) is 0 Å². The van der Waals surface area contributed by atoms with Gasteiger partial charge in [0, 0.05) is 37.9 Å². The van der Waals surface area contributed by atoms with Gasteiger partial charge in [-0.3, -0.25) is 4.79 Å². The quantitative estimate of drug-likeness (QED) is 0.558. The van der Waals surface area contributed by atoms with Crippen molar-refractivity contribution >= 4 is 15.9 Å². The average molecular weight is 462 g/mol. The maximum atomic E-state index is 13.1. The molecule has 33 heavy (non-hydrogen) atoms. The van der Waals surface area contributed by atoms with E-state index in [0.717, 1.165) is 0 Å². The van der Waals surface area contributed by atoms with Gasteiger partial charge in [-0.15, -0.1) is 0 Å². The van der Waals surface area contributed by atoms with E-state index in [4.69, 9.17) is 4.74 Å². The molecule has 0 bridgehead atoms. The summed E-state index contributed by atoms with van der Waals surface area (Å²) in [5, 5.41) is 0. The molecular formula is C25H23N3O4S. The molecule has 1 saturated heterocycles. The van der Waals surface area contributed by atoms with Crippen LogP contribution in [0.1, 0.15) is 21.6 Å². The van der Waals surface area contributed by atoms with Crippen molar-refractivity contribution in [2.24, 2.45) is 0 Å².